The van der Waals surface area contributed by atoms with E-state index in [9.17, 15) is 9.59 Å². The van der Waals surface area contributed by atoms with E-state index in [0.29, 0.717) is 19.0 Å². The molecule has 0 saturated carbocycles. The predicted octanol–water partition coefficient (Wildman–Crippen LogP) is 0.457. The number of hydrogen-bond acceptors (Lipinski definition) is 4. The average Bonchev–Trinajstić information content (AvgIpc) is 2.54. The number of nitrogens with zero attached hydrogens (tertiary/aromatic N) is 2. The molecule has 2 saturated heterocycles. The summed E-state index contributed by atoms with van der Waals surface area (Å²) in [6.45, 7) is 5.46. The van der Waals surface area contributed by atoms with Gasteiger partial charge in [-0.15, -0.1) is 0 Å². The maximum Gasteiger partial charge on any atom is 0.241 e. The Morgan fingerprint density at radius 3 is 2.45 bits per heavy atom. The van der Waals surface area contributed by atoms with Crippen LogP contribution in [0, 0.1) is 11.8 Å². The van der Waals surface area contributed by atoms with Gasteiger partial charge in [0.15, 0.2) is 0 Å². The first-order valence-corrected chi connectivity index (χ1v) is 8.35. The van der Waals surface area contributed by atoms with Crippen LogP contribution in [-0.2, 0) is 14.3 Å². The lowest BCUT2D eigenvalue weighted by molar-refractivity contribution is -0.142. The van der Waals surface area contributed by atoms with Gasteiger partial charge in [-0.05, 0) is 31.6 Å². The minimum absolute atomic E-state index is 0.0630. The van der Waals surface area contributed by atoms with E-state index in [0.717, 1.165) is 32.4 Å². The monoisotopic (exact) mass is 311 g/mol. The van der Waals surface area contributed by atoms with Gasteiger partial charge in [0.05, 0.1) is 6.61 Å². The summed E-state index contributed by atoms with van der Waals surface area (Å²) in [5.41, 5.74) is 5.79. The number of piperidine rings is 2. The van der Waals surface area contributed by atoms with Crippen molar-refractivity contribution in [1.29, 1.82) is 0 Å². The summed E-state index contributed by atoms with van der Waals surface area (Å²) in [5.74, 6) is 0.874. The molecule has 22 heavy (non-hydrogen) atoms. The van der Waals surface area contributed by atoms with E-state index in [1.54, 1.807) is 4.90 Å². The third-order valence-electron chi connectivity index (χ3n) is 4.79. The lowest BCUT2D eigenvalue weighted by atomic mass is 9.92. The van der Waals surface area contributed by atoms with E-state index in [4.69, 9.17) is 10.5 Å². The Labute approximate surface area is 132 Å². The molecule has 0 radical (unpaired) electrons. The normalized spacial score (nSPS) is 25.1. The quantitative estimate of drug-likeness (QED) is 0.818. The van der Waals surface area contributed by atoms with Gasteiger partial charge in [0, 0.05) is 39.2 Å². The second-order valence-electron chi connectivity index (χ2n) is 6.69. The van der Waals surface area contributed by atoms with Crippen molar-refractivity contribution in [3.8, 4) is 0 Å². The molecule has 0 spiro atoms. The SMILES string of the molecule is COCC(N)C(=O)N1CCC(C(=O)N2CCCC(C)C2)CC1. The molecule has 2 fully saturated rings. The number of rotatable bonds is 4. The standard InChI is InChI=1S/C16H29N3O3/c1-12-4-3-7-19(10-12)15(20)13-5-8-18(9-6-13)16(21)14(17)11-22-2/h12-14H,3-11,17H2,1-2H3. The van der Waals surface area contributed by atoms with Crippen LogP contribution in [0.5, 0.6) is 0 Å². The third-order valence-corrected chi connectivity index (χ3v) is 4.79. The van der Waals surface area contributed by atoms with Crippen molar-refractivity contribution in [3.05, 3.63) is 0 Å². The highest BCUT2D eigenvalue weighted by Gasteiger charge is 2.32. The zero-order valence-electron chi connectivity index (χ0n) is 13.8. The first-order chi connectivity index (χ1) is 10.5. The molecule has 0 aromatic carbocycles. The molecule has 0 bridgehead atoms. The van der Waals surface area contributed by atoms with Gasteiger partial charge in [-0.1, -0.05) is 6.92 Å². The lowest BCUT2D eigenvalue weighted by Crippen LogP contribution is -2.51. The number of likely N-dealkylation sites (tertiary alicyclic amines) is 2. The zero-order valence-corrected chi connectivity index (χ0v) is 13.8. The fourth-order valence-corrected chi connectivity index (χ4v) is 3.48. The topological polar surface area (TPSA) is 75.9 Å². The van der Waals surface area contributed by atoms with Gasteiger partial charge in [-0.3, -0.25) is 9.59 Å². The molecule has 2 amide bonds. The number of amides is 2. The van der Waals surface area contributed by atoms with Crippen molar-refractivity contribution in [2.45, 2.75) is 38.6 Å². The smallest absolute Gasteiger partial charge is 0.241 e. The Morgan fingerprint density at radius 1 is 1.18 bits per heavy atom. The van der Waals surface area contributed by atoms with Gasteiger partial charge in [0.25, 0.3) is 0 Å². The summed E-state index contributed by atoms with van der Waals surface area (Å²) < 4.78 is 4.93. The van der Waals surface area contributed by atoms with E-state index in [2.05, 4.69) is 6.92 Å². The molecule has 2 N–H and O–H groups in total. The van der Waals surface area contributed by atoms with Crippen molar-refractivity contribution in [2.24, 2.45) is 17.6 Å². The lowest BCUT2D eigenvalue weighted by Gasteiger charge is -2.37. The van der Waals surface area contributed by atoms with Gasteiger partial charge < -0.3 is 20.3 Å². The molecule has 2 heterocycles. The molecule has 0 aromatic rings. The Balaban J connectivity index is 1.81. The van der Waals surface area contributed by atoms with Crippen LogP contribution in [0.4, 0.5) is 0 Å². The number of carbonyl (C=O) groups is 2. The molecule has 0 aromatic heterocycles. The summed E-state index contributed by atoms with van der Waals surface area (Å²) in [6.07, 6.45) is 3.81. The number of methoxy groups -OCH3 is 1. The fourth-order valence-electron chi connectivity index (χ4n) is 3.48. The third kappa shape index (κ3) is 4.20. The number of carbonyl (C=O) groups excluding carboxylic acids is 2. The molecule has 2 unspecified atom stereocenters. The molecule has 0 aliphatic carbocycles. The highest BCUT2D eigenvalue weighted by atomic mass is 16.5. The molecule has 2 aliphatic rings. The van der Waals surface area contributed by atoms with Crippen molar-refractivity contribution in [1.82, 2.24) is 9.80 Å². The summed E-state index contributed by atoms with van der Waals surface area (Å²) in [4.78, 5) is 28.5. The first kappa shape index (κ1) is 17.2. The van der Waals surface area contributed by atoms with Crippen LogP contribution >= 0.6 is 0 Å². The maximum atomic E-state index is 12.6. The molecule has 6 nitrogen and oxygen atoms in total. The highest BCUT2D eigenvalue weighted by molar-refractivity contribution is 5.83. The van der Waals surface area contributed by atoms with Crippen LogP contribution in [0.15, 0.2) is 0 Å². The highest BCUT2D eigenvalue weighted by Crippen LogP contribution is 2.23. The number of ether oxygens (including phenoxy) is 1. The number of hydrogen-bond donors (Lipinski definition) is 1. The number of nitrogens with two attached hydrogens (primary N) is 1. The zero-order chi connectivity index (χ0) is 16.1. The second-order valence-corrected chi connectivity index (χ2v) is 6.69. The Bertz CT molecular complexity index is 394. The van der Waals surface area contributed by atoms with E-state index in [-0.39, 0.29) is 24.3 Å². The summed E-state index contributed by atoms with van der Waals surface area (Å²) in [7, 11) is 1.54. The molecule has 2 atom stereocenters. The van der Waals surface area contributed by atoms with Crippen LogP contribution in [-0.4, -0.2) is 67.6 Å². The maximum absolute atomic E-state index is 12.6. The summed E-state index contributed by atoms with van der Waals surface area (Å²) >= 11 is 0. The Hall–Kier alpha value is -1.14. The van der Waals surface area contributed by atoms with Crippen LogP contribution in [0.3, 0.4) is 0 Å². The van der Waals surface area contributed by atoms with Gasteiger partial charge in [-0.25, -0.2) is 0 Å². The summed E-state index contributed by atoms with van der Waals surface area (Å²) in [6, 6.07) is -0.597. The van der Waals surface area contributed by atoms with Gasteiger partial charge >= 0.3 is 0 Å². The molecular weight excluding hydrogens is 282 g/mol. The summed E-state index contributed by atoms with van der Waals surface area (Å²) in [5, 5.41) is 0. The molecular formula is C16H29N3O3. The van der Waals surface area contributed by atoms with Crippen molar-refractivity contribution < 1.29 is 14.3 Å². The molecule has 6 heteroatoms. The second kappa shape index (κ2) is 7.92. The molecule has 126 valence electrons. The Kier molecular flexibility index (Phi) is 6.20. The van der Waals surface area contributed by atoms with Crippen LogP contribution in [0.2, 0.25) is 0 Å². The fraction of sp³-hybridized carbons (Fsp3) is 0.875. The van der Waals surface area contributed by atoms with Crippen LogP contribution in [0.1, 0.15) is 32.6 Å². The van der Waals surface area contributed by atoms with E-state index >= 15 is 0 Å². The minimum Gasteiger partial charge on any atom is -0.383 e. The van der Waals surface area contributed by atoms with Gasteiger partial charge in [0.2, 0.25) is 11.8 Å². The van der Waals surface area contributed by atoms with E-state index in [1.165, 1.54) is 13.5 Å². The molecule has 2 rings (SSSR count). The minimum atomic E-state index is -0.597. The van der Waals surface area contributed by atoms with Crippen LogP contribution < -0.4 is 5.73 Å². The average molecular weight is 311 g/mol. The van der Waals surface area contributed by atoms with Crippen molar-refractivity contribution >= 4 is 11.8 Å². The Morgan fingerprint density at radius 2 is 1.86 bits per heavy atom. The van der Waals surface area contributed by atoms with Gasteiger partial charge in [0.1, 0.15) is 6.04 Å². The van der Waals surface area contributed by atoms with Crippen molar-refractivity contribution in [3.63, 3.8) is 0 Å². The van der Waals surface area contributed by atoms with Crippen molar-refractivity contribution in [2.75, 3.05) is 39.9 Å². The van der Waals surface area contributed by atoms with E-state index < -0.39 is 6.04 Å². The van der Waals surface area contributed by atoms with E-state index in [1.807, 2.05) is 4.90 Å². The predicted molar refractivity (Wildman–Crippen MR) is 84.1 cm³/mol. The van der Waals surface area contributed by atoms with Crippen LogP contribution in [0.25, 0.3) is 0 Å². The molecule has 2 aliphatic heterocycles. The van der Waals surface area contributed by atoms with Gasteiger partial charge in [-0.2, -0.15) is 0 Å². The largest absolute Gasteiger partial charge is 0.383 e. The first-order valence-electron chi connectivity index (χ1n) is 8.35.